The Hall–Kier alpha value is -2.18. The molecule has 1 atom stereocenters. The summed E-state index contributed by atoms with van der Waals surface area (Å²) in [6.45, 7) is 3.25. The molecule has 5 nitrogen and oxygen atoms in total. The van der Waals surface area contributed by atoms with E-state index in [9.17, 15) is 9.59 Å². The number of benzene rings is 1. The van der Waals surface area contributed by atoms with Gasteiger partial charge in [0.2, 0.25) is 0 Å². The number of morpholine rings is 1. The maximum absolute atomic E-state index is 12.7. The summed E-state index contributed by atoms with van der Waals surface area (Å²) >= 11 is 1.60. The van der Waals surface area contributed by atoms with Crippen molar-refractivity contribution in [3.8, 4) is 0 Å². The van der Waals surface area contributed by atoms with E-state index in [1.54, 1.807) is 35.3 Å². The number of amides is 1. The fourth-order valence-corrected chi connectivity index (χ4v) is 3.41. The molecule has 0 aliphatic carbocycles. The van der Waals surface area contributed by atoms with Crippen molar-refractivity contribution in [1.82, 2.24) is 4.90 Å². The number of hydrogen-bond acceptors (Lipinski definition) is 4. The summed E-state index contributed by atoms with van der Waals surface area (Å²) in [4.78, 5) is 25.6. The van der Waals surface area contributed by atoms with E-state index < -0.39 is 5.97 Å². The zero-order valence-electron chi connectivity index (χ0n) is 12.7. The largest absolute Gasteiger partial charge is 0.478 e. The van der Waals surface area contributed by atoms with Gasteiger partial charge in [-0.3, -0.25) is 4.79 Å². The van der Waals surface area contributed by atoms with Gasteiger partial charge in [-0.15, -0.1) is 0 Å². The zero-order chi connectivity index (χ0) is 16.4. The molecule has 1 saturated heterocycles. The van der Waals surface area contributed by atoms with Gasteiger partial charge in [0.1, 0.15) is 6.10 Å². The van der Waals surface area contributed by atoms with Crippen molar-refractivity contribution in [2.24, 2.45) is 0 Å². The molecule has 1 fully saturated rings. The summed E-state index contributed by atoms with van der Waals surface area (Å²) in [5, 5.41) is 13.2. The highest BCUT2D eigenvalue weighted by Crippen LogP contribution is 2.25. The highest BCUT2D eigenvalue weighted by atomic mass is 32.1. The van der Waals surface area contributed by atoms with Crippen LogP contribution in [0.4, 0.5) is 0 Å². The van der Waals surface area contributed by atoms with Crippen LogP contribution >= 0.6 is 11.3 Å². The molecule has 0 saturated carbocycles. The summed E-state index contributed by atoms with van der Waals surface area (Å²) in [7, 11) is 0. The van der Waals surface area contributed by atoms with E-state index in [2.05, 4.69) is 0 Å². The lowest BCUT2D eigenvalue weighted by molar-refractivity contribution is -0.0226. The first-order valence-corrected chi connectivity index (χ1v) is 8.27. The van der Waals surface area contributed by atoms with E-state index in [1.165, 1.54) is 6.07 Å². The standard InChI is InChI=1S/C17H17NO4S/c1-11-6-13(8-14(7-11)17(20)21)16(19)18-3-4-22-15(9-18)12-2-5-23-10-12/h2,5-8,10,15H,3-4,9H2,1H3,(H,20,21). The summed E-state index contributed by atoms with van der Waals surface area (Å²) in [6, 6.07) is 6.72. The molecule has 1 aliphatic rings. The number of carbonyl (C=O) groups is 2. The van der Waals surface area contributed by atoms with E-state index in [0.29, 0.717) is 25.3 Å². The number of rotatable bonds is 3. The number of carboxylic acids is 1. The molecule has 1 aliphatic heterocycles. The maximum Gasteiger partial charge on any atom is 0.335 e. The average molecular weight is 331 g/mol. The monoisotopic (exact) mass is 331 g/mol. The molecule has 23 heavy (non-hydrogen) atoms. The minimum atomic E-state index is -1.03. The Morgan fingerprint density at radius 1 is 1.30 bits per heavy atom. The van der Waals surface area contributed by atoms with Crippen molar-refractivity contribution in [2.45, 2.75) is 13.0 Å². The van der Waals surface area contributed by atoms with Gasteiger partial charge < -0.3 is 14.7 Å². The van der Waals surface area contributed by atoms with Crippen molar-refractivity contribution in [2.75, 3.05) is 19.7 Å². The molecule has 2 aromatic rings. The lowest BCUT2D eigenvalue weighted by Gasteiger charge is -2.33. The third-order valence-electron chi connectivity index (χ3n) is 3.84. The number of nitrogens with zero attached hydrogens (tertiary/aromatic N) is 1. The van der Waals surface area contributed by atoms with Crippen molar-refractivity contribution in [1.29, 1.82) is 0 Å². The van der Waals surface area contributed by atoms with Gasteiger partial charge in [-0.05, 0) is 53.1 Å². The fraction of sp³-hybridized carbons (Fsp3) is 0.294. The topological polar surface area (TPSA) is 66.8 Å². The minimum absolute atomic E-state index is 0.122. The van der Waals surface area contributed by atoms with E-state index in [0.717, 1.165) is 11.1 Å². The highest BCUT2D eigenvalue weighted by Gasteiger charge is 2.26. The zero-order valence-corrected chi connectivity index (χ0v) is 13.5. The highest BCUT2D eigenvalue weighted by molar-refractivity contribution is 7.07. The summed E-state index contributed by atoms with van der Waals surface area (Å²) < 4.78 is 5.74. The molecule has 1 amide bonds. The molecule has 1 aromatic carbocycles. The number of carbonyl (C=O) groups excluding carboxylic acids is 1. The van der Waals surface area contributed by atoms with Crippen molar-refractivity contribution in [3.05, 3.63) is 57.3 Å². The van der Waals surface area contributed by atoms with Crippen LogP contribution in [0.25, 0.3) is 0 Å². The Bertz CT molecular complexity index is 726. The molecule has 1 aromatic heterocycles. The van der Waals surface area contributed by atoms with Crippen LogP contribution in [-0.2, 0) is 4.74 Å². The second-order valence-corrected chi connectivity index (χ2v) is 6.34. The Kier molecular flexibility index (Phi) is 4.45. The molecule has 1 N–H and O–H groups in total. The van der Waals surface area contributed by atoms with Crippen molar-refractivity contribution in [3.63, 3.8) is 0 Å². The molecule has 2 heterocycles. The number of thiophene rings is 1. The second-order valence-electron chi connectivity index (χ2n) is 5.56. The molecule has 0 radical (unpaired) electrons. The van der Waals surface area contributed by atoms with Crippen LogP contribution in [0.15, 0.2) is 35.0 Å². The molecule has 6 heteroatoms. The minimum Gasteiger partial charge on any atom is -0.478 e. The quantitative estimate of drug-likeness (QED) is 0.939. The van der Waals surface area contributed by atoms with Crippen molar-refractivity contribution < 1.29 is 19.4 Å². The third-order valence-corrected chi connectivity index (χ3v) is 4.54. The summed E-state index contributed by atoms with van der Waals surface area (Å²) in [6.07, 6.45) is -0.122. The lowest BCUT2D eigenvalue weighted by Crippen LogP contribution is -2.42. The van der Waals surface area contributed by atoms with Crippen LogP contribution in [-0.4, -0.2) is 41.6 Å². The lowest BCUT2D eigenvalue weighted by atomic mass is 10.0. The third kappa shape index (κ3) is 3.43. The Balaban J connectivity index is 1.81. The second kappa shape index (κ2) is 6.52. The Morgan fingerprint density at radius 2 is 2.09 bits per heavy atom. The first-order chi connectivity index (χ1) is 11.0. The summed E-state index contributed by atoms with van der Waals surface area (Å²) in [5.41, 5.74) is 2.38. The number of carboxylic acid groups (broad SMARTS) is 1. The van der Waals surface area contributed by atoms with Gasteiger partial charge in [0.15, 0.2) is 0 Å². The fourth-order valence-electron chi connectivity index (χ4n) is 2.71. The first kappa shape index (κ1) is 15.7. The molecular formula is C17H17NO4S. The van der Waals surface area contributed by atoms with E-state index in [1.807, 2.05) is 16.8 Å². The molecule has 0 spiro atoms. The SMILES string of the molecule is Cc1cc(C(=O)O)cc(C(=O)N2CCOC(c3ccsc3)C2)c1. The van der Waals surface area contributed by atoms with Gasteiger partial charge in [-0.2, -0.15) is 11.3 Å². The predicted molar refractivity (Wildman–Crippen MR) is 87.1 cm³/mol. The molecule has 1 unspecified atom stereocenters. The molecule has 0 bridgehead atoms. The van der Waals surface area contributed by atoms with Gasteiger partial charge in [0.25, 0.3) is 5.91 Å². The maximum atomic E-state index is 12.7. The van der Waals surface area contributed by atoms with E-state index >= 15 is 0 Å². The predicted octanol–water partition coefficient (Wildman–Crippen LogP) is 2.97. The van der Waals surface area contributed by atoms with Crippen molar-refractivity contribution >= 4 is 23.2 Å². The molecular weight excluding hydrogens is 314 g/mol. The van der Waals surface area contributed by atoms with Crippen LogP contribution in [0, 0.1) is 6.92 Å². The van der Waals surface area contributed by atoms with Gasteiger partial charge in [0.05, 0.1) is 18.7 Å². The average Bonchev–Trinajstić information content (AvgIpc) is 3.08. The van der Waals surface area contributed by atoms with Gasteiger partial charge in [-0.1, -0.05) is 0 Å². The van der Waals surface area contributed by atoms with Gasteiger partial charge in [-0.25, -0.2) is 4.79 Å². The van der Waals surface area contributed by atoms with E-state index in [-0.39, 0.29) is 17.6 Å². The number of ether oxygens (including phenoxy) is 1. The van der Waals surface area contributed by atoms with Crippen LogP contribution < -0.4 is 0 Å². The Labute approximate surface area is 138 Å². The first-order valence-electron chi connectivity index (χ1n) is 7.32. The molecule has 120 valence electrons. The van der Waals surface area contributed by atoms with Gasteiger partial charge in [0, 0.05) is 12.1 Å². The number of aromatic carboxylic acids is 1. The number of hydrogen-bond donors (Lipinski definition) is 1. The number of aryl methyl sites for hydroxylation is 1. The van der Waals surface area contributed by atoms with Crippen LogP contribution in [0.2, 0.25) is 0 Å². The molecule has 3 rings (SSSR count). The Morgan fingerprint density at radius 3 is 2.78 bits per heavy atom. The normalized spacial score (nSPS) is 18.0. The smallest absolute Gasteiger partial charge is 0.335 e. The van der Waals surface area contributed by atoms with Gasteiger partial charge >= 0.3 is 5.97 Å². The van der Waals surface area contributed by atoms with Crippen LogP contribution in [0.1, 0.15) is 37.9 Å². The van der Waals surface area contributed by atoms with Crippen LogP contribution in [0.5, 0.6) is 0 Å². The van der Waals surface area contributed by atoms with Crippen LogP contribution in [0.3, 0.4) is 0 Å². The van der Waals surface area contributed by atoms with E-state index in [4.69, 9.17) is 9.84 Å². The summed E-state index contributed by atoms with van der Waals surface area (Å²) in [5.74, 6) is -1.18.